The van der Waals surface area contributed by atoms with Gasteiger partial charge < -0.3 is 10.2 Å². The molecule has 2 heteroatoms. The summed E-state index contributed by atoms with van der Waals surface area (Å²) in [7, 11) is 0. The molecular weight excluding hydrogens is 356 g/mol. The summed E-state index contributed by atoms with van der Waals surface area (Å²) in [6, 6.07) is 17.4. The van der Waals surface area contributed by atoms with Crippen molar-refractivity contribution < 1.29 is 10.2 Å². The maximum atomic E-state index is 8.63. The molecular formula is C27H48O2. The zero-order chi connectivity index (χ0) is 23.8. The van der Waals surface area contributed by atoms with Crippen molar-refractivity contribution in [2.45, 2.75) is 74.7 Å². The van der Waals surface area contributed by atoms with Crippen LogP contribution in [0.4, 0.5) is 0 Å². The Balaban J connectivity index is -0.0000000822. The van der Waals surface area contributed by atoms with Crippen molar-refractivity contribution in [2.24, 2.45) is 0 Å². The van der Waals surface area contributed by atoms with E-state index in [2.05, 4.69) is 40.9 Å². The second-order valence-electron chi connectivity index (χ2n) is 4.77. The van der Waals surface area contributed by atoms with Gasteiger partial charge in [-0.25, -0.2) is 0 Å². The van der Waals surface area contributed by atoms with Gasteiger partial charge in [-0.15, -0.1) is 13.2 Å². The maximum Gasteiger partial charge on any atom is 0.115 e. The van der Waals surface area contributed by atoms with E-state index in [0.29, 0.717) is 11.5 Å². The zero-order valence-corrected chi connectivity index (χ0v) is 20.4. The highest BCUT2D eigenvalue weighted by atomic mass is 16.3. The molecule has 0 unspecified atom stereocenters. The largest absolute Gasteiger partial charge is 0.508 e. The van der Waals surface area contributed by atoms with Crippen LogP contribution in [-0.2, 0) is 0 Å². The van der Waals surface area contributed by atoms with Gasteiger partial charge in [-0.3, -0.25) is 0 Å². The van der Waals surface area contributed by atoms with Crippen LogP contribution in [0.15, 0.2) is 86.0 Å². The summed E-state index contributed by atoms with van der Waals surface area (Å²) in [5.41, 5.74) is 0. The van der Waals surface area contributed by atoms with Crippen molar-refractivity contribution in [1.29, 1.82) is 0 Å². The molecule has 0 saturated heterocycles. The Hall–Kier alpha value is -2.48. The first-order valence-corrected chi connectivity index (χ1v) is 10.7. The number of aromatic hydroxyl groups is 2. The number of allylic oxidation sites excluding steroid dienone is 2. The average Bonchev–Trinajstić information content (AvgIpc) is 2.79. The molecule has 2 N–H and O–H groups in total. The summed E-state index contributed by atoms with van der Waals surface area (Å²) in [5.74, 6) is 0.644. The molecule has 0 bridgehead atoms. The van der Waals surface area contributed by atoms with Crippen molar-refractivity contribution >= 4 is 0 Å². The van der Waals surface area contributed by atoms with E-state index < -0.39 is 0 Å². The second-order valence-corrected chi connectivity index (χ2v) is 4.77. The zero-order valence-electron chi connectivity index (χ0n) is 20.4. The molecule has 2 nitrogen and oxygen atoms in total. The third-order valence-corrected chi connectivity index (χ3v) is 2.09. The van der Waals surface area contributed by atoms with Crippen LogP contribution in [0.3, 0.4) is 0 Å². The summed E-state index contributed by atoms with van der Waals surface area (Å²) in [6.07, 6.45) is 7.17. The summed E-state index contributed by atoms with van der Waals surface area (Å²) >= 11 is 0. The van der Waals surface area contributed by atoms with Gasteiger partial charge in [-0.1, -0.05) is 110 Å². The molecule has 2 aromatic rings. The third kappa shape index (κ3) is 58.6. The van der Waals surface area contributed by atoms with Gasteiger partial charge in [0.25, 0.3) is 0 Å². The minimum atomic E-state index is 0.322. The molecule has 0 aliphatic carbocycles. The Bertz CT molecular complexity index is 419. The quantitative estimate of drug-likeness (QED) is 0.489. The molecule has 0 saturated carbocycles. The Morgan fingerprint density at radius 1 is 0.586 bits per heavy atom. The first-order valence-electron chi connectivity index (χ1n) is 10.7. The van der Waals surface area contributed by atoms with Gasteiger partial charge in [0.2, 0.25) is 0 Å². The lowest BCUT2D eigenvalue weighted by atomic mass is 10.3. The van der Waals surface area contributed by atoms with Crippen LogP contribution >= 0.6 is 0 Å². The maximum absolute atomic E-state index is 8.63. The lowest BCUT2D eigenvalue weighted by Gasteiger charge is -1.82. The highest BCUT2D eigenvalue weighted by Gasteiger charge is 1.75. The molecule has 0 aromatic heterocycles. The summed E-state index contributed by atoms with van der Waals surface area (Å²) in [4.78, 5) is 0. The van der Waals surface area contributed by atoms with Gasteiger partial charge in [0.15, 0.2) is 0 Å². The fourth-order valence-corrected chi connectivity index (χ4v) is 0.856. The van der Waals surface area contributed by atoms with Crippen molar-refractivity contribution in [2.75, 3.05) is 0 Å². The summed E-state index contributed by atoms with van der Waals surface area (Å²) in [5, 5.41) is 17.3. The number of benzene rings is 2. The van der Waals surface area contributed by atoms with E-state index in [1.165, 1.54) is 6.42 Å². The van der Waals surface area contributed by atoms with Crippen molar-refractivity contribution in [3.05, 3.63) is 86.0 Å². The van der Waals surface area contributed by atoms with Crippen LogP contribution in [0, 0.1) is 0 Å². The molecule has 29 heavy (non-hydrogen) atoms. The minimum Gasteiger partial charge on any atom is -0.508 e. The number of hydrogen-bond donors (Lipinski definition) is 2. The fraction of sp³-hybridized carbons (Fsp3) is 0.407. The normalized spacial score (nSPS) is 6.90. The van der Waals surface area contributed by atoms with Gasteiger partial charge in [0, 0.05) is 0 Å². The SMILES string of the molecule is C=CCC.C=CCC.CC.CC.CCC.Oc1ccccc1.Oc1ccccc1. The van der Waals surface area contributed by atoms with Crippen LogP contribution in [-0.4, -0.2) is 10.2 Å². The molecule has 0 aliphatic rings. The summed E-state index contributed by atoms with van der Waals surface area (Å²) < 4.78 is 0. The van der Waals surface area contributed by atoms with E-state index >= 15 is 0 Å². The van der Waals surface area contributed by atoms with E-state index in [4.69, 9.17) is 10.2 Å². The standard InChI is InChI=1S/2C6H6O.2C4H8.C3H8.2C2H6/c2*7-6-4-2-1-3-5-6;2*1-3-4-2;1-3-2;2*1-2/h2*1-5,7H;2*3H,1,4H2,2H3;3H2,1-2H3;2*1-2H3. The van der Waals surface area contributed by atoms with Crippen LogP contribution in [0.1, 0.15) is 74.7 Å². The van der Waals surface area contributed by atoms with Crippen LogP contribution in [0.5, 0.6) is 11.5 Å². The van der Waals surface area contributed by atoms with Crippen molar-refractivity contribution in [3.63, 3.8) is 0 Å². The number of hydrogen-bond acceptors (Lipinski definition) is 2. The van der Waals surface area contributed by atoms with Crippen LogP contribution in [0.25, 0.3) is 0 Å². The molecule has 168 valence electrons. The van der Waals surface area contributed by atoms with Crippen molar-refractivity contribution in [1.82, 2.24) is 0 Å². The molecule has 0 aliphatic heterocycles. The van der Waals surface area contributed by atoms with Crippen molar-refractivity contribution in [3.8, 4) is 11.5 Å². The topological polar surface area (TPSA) is 40.5 Å². The Morgan fingerprint density at radius 3 is 0.828 bits per heavy atom. The molecule has 0 amide bonds. The van der Waals surface area contributed by atoms with E-state index in [-0.39, 0.29) is 0 Å². The number of para-hydroxylation sites is 2. The van der Waals surface area contributed by atoms with Crippen LogP contribution in [0.2, 0.25) is 0 Å². The Kier molecular flexibility index (Phi) is 57.5. The fourth-order valence-electron chi connectivity index (χ4n) is 0.856. The highest BCUT2D eigenvalue weighted by molar-refractivity contribution is 5.19. The minimum absolute atomic E-state index is 0.322. The predicted molar refractivity (Wildman–Crippen MR) is 136 cm³/mol. The smallest absolute Gasteiger partial charge is 0.115 e. The molecule has 0 fully saturated rings. The first-order chi connectivity index (χ1) is 14.0. The van der Waals surface area contributed by atoms with Gasteiger partial charge >= 0.3 is 0 Å². The molecule has 0 radical (unpaired) electrons. The highest BCUT2D eigenvalue weighted by Crippen LogP contribution is 2.03. The molecule has 2 aromatic carbocycles. The first kappa shape index (κ1) is 37.3. The van der Waals surface area contributed by atoms with Crippen LogP contribution < -0.4 is 0 Å². The molecule has 0 atom stereocenters. The second kappa shape index (κ2) is 44.7. The number of phenols is 2. The van der Waals surface area contributed by atoms with Gasteiger partial charge in [0.05, 0.1) is 0 Å². The monoisotopic (exact) mass is 404 g/mol. The number of phenolic OH excluding ortho intramolecular Hbond substituents is 2. The van der Waals surface area contributed by atoms with E-state index in [0.717, 1.165) is 12.8 Å². The van der Waals surface area contributed by atoms with E-state index in [1.807, 2.05) is 52.0 Å². The molecule has 0 heterocycles. The Morgan fingerprint density at radius 2 is 0.759 bits per heavy atom. The van der Waals surface area contributed by atoms with Gasteiger partial charge in [-0.05, 0) is 37.1 Å². The van der Waals surface area contributed by atoms with Gasteiger partial charge in [-0.2, -0.15) is 0 Å². The third-order valence-electron chi connectivity index (χ3n) is 2.09. The van der Waals surface area contributed by atoms with E-state index in [9.17, 15) is 0 Å². The number of rotatable bonds is 2. The van der Waals surface area contributed by atoms with Gasteiger partial charge in [0.1, 0.15) is 11.5 Å². The molecule has 2 rings (SSSR count). The lowest BCUT2D eigenvalue weighted by molar-refractivity contribution is 0.475. The Labute approximate surface area is 182 Å². The lowest BCUT2D eigenvalue weighted by Crippen LogP contribution is -1.56. The average molecular weight is 405 g/mol. The van der Waals surface area contributed by atoms with E-state index in [1.54, 1.807) is 48.5 Å². The summed E-state index contributed by atoms with van der Waals surface area (Å²) in [6.45, 7) is 23.3. The predicted octanol–water partition coefficient (Wildman–Crippen LogP) is 9.42. The molecule has 0 spiro atoms.